The van der Waals surface area contributed by atoms with E-state index >= 15 is 0 Å². The van der Waals surface area contributed by atoms with E-state index in [1.165, 1.54) is 30.7 Å². The van der Waals surface area contributed by atoms with Crippen LogP contribution in [0.4, 0.5) is 13.2 Å². The highest BCUT2D eigenvalue weighted by molar-refractivity contribution is 5.76. The molecule has 0 aliphatic rings. The first-order valence-corrected chi connectivity index (χ1v) is 11.0. The molecule has 1 heterocycles. The number of aryl methyl sites for hydroxylation is 1. The number of aliphatic carboxylic acids is 1. The molecule has 1 aromatic heterocycles. The molecule has 35 heavy (non-hydrogen) atoms. The van der Waals surface area contributed by atoms with E-state index in [2.05, 4.69) is 5.10 Å². The highest BCUT2D eigenvalue weighted by atomic mass is 19.4. The maximum atomic E-state index is 12.8. The number of nitrogens with zero attached hydrogens (tertiary/aromatic N) is 2. The van der Waals surface area contributed by atoms with Gasteiger partial charge in [0.15, 0.2) is 5.60 Å². The summed E-state index contributed by atoms with van der Waals surface area (Å²) in [5.74, 6) is 0.255. The van der Waals surface area contributed by atoms with Crippen molar-refractivity contribution in [3.05, 3.63) is 65.9 Å². The van der Waals surface area contributed by atoms with Crippen molar-refractivity contribution in [2.24, 2.45) is 0 Å². The van der Waals surface area contributed by atoms with Crippen LogP contribution in [-0.2, 0) is 17.4 Å². The smallest absolute Gasteiger partial charge is 0.416 e. The van der Waals surface area contributed by atoms with Crippen LogP contribution >= 0.6 is 0 Å². The number of hydrogen-bond acceptors (Lipinski definition) is 5. The first kappa shape index (κ1) is 25.9. The van der Waals surface area contributed by atoms with Crippen LogP contribution in [0.25, 0.3) is 5.69 Å². The third-order valence-corrected chi connectivity index (χ3v) is 5.04. The second-order valence-corrected chi connectivity index (χ2v) is 8.23. The SMILES string of the molecule is CCOc1nn(-c2ccc(C(F)(F)F)cc2)cc1CCCOc1cccc(OC(C)(C)C(=O)O)c1. The lowest BCUT2D eigenvalue weighted by Gasteiger charge is -2.21. The molecule has 0 atom stereocenters. The quantitative estimate of drug-likeness (QED) is 0.354. The molecule has 7 nitrogen and oxygen atoms in total. The Labute approximate surface area is 201 Å². The molecule has 0 saturated carbocycles. The molecule has 0 amide bonds. The number of rotatable bonds is 11. The fourth-order valence-electron chi connectivity index (χ4n) is 3.18. The Hall–Kier alpha value is -3.69. The first-order chi connectivity index (χ1) is 16.5. The fourth-order valence-corrected chi connectivity index (χ4v) is 3.18. The molecule has 188 valence electrons. The number of ether oxygens (including phenoxy) is 3. The van der Waals surface area contributed by atoms with Gasteiger partial charge in [-0.25, -0.2) is 9.48 Å². The number of carbonyl (C=O) groups is 1. The molecule has 0 unspecified atom stereocenters. The number of benzene rings is 2. The predicted molar refractivity (Wildman–Crippen MR) is 122 cm³/mol. The summed E-state index contributed by atoms with van der Waals surface area (Å²) in [5.41, 5.74) is -0.809. The van der Waals surface area contributed by atoms with Crippen LogP contribution in [0.3, 0.4) is 0 Å². The summed E-state index contributed by atoms with van der Waals surface area (Å²) in [6.07, 6.45) is -1.49. The summed E-state index contributed by atoms with van der Waals surface area (Å²) in [5, 5.41) is 13.6. The summed E-state index contributed by atoms with van der Waals surface area (Å²) in [4.78, 5) is 11.3. The van der Waals surface area contributed by atoms with Gasteiger partial charge in [-0.3, -0.25) is 0 Å². The summed E-state index contributed by atoms with van der Waals surface area (Å²) in [7, 11) is 0. The van der Waals surface area contributed by atoms with E-state index in [0.717, 1.165) is 17.7 Å². The van der Waals surface area contributed by atoms with Crippen LogP contribution in [0, 0.1) is 0 Å². The number of carboxylic acid groups (broad SMARTS) is 1. The van der Waals surface area contributed by atoms with Crippen LogP contribution < -0.4 is 14.2 Å². The molecule has 0 spiro atoms. The number of alkyl halides is 3. The monoisotopic (exact) mass is 492 g/mol. The molecule has 0 aliphatic carbocycles. The van der Waals surface area contributed by atoms with E-state index in [0.29, 0.717) is 49.1 Å². The Kier molecular flexibility index (Phi) is 7.93. The lowest BCUT2D eigenvalue weighted by molar-refractivity contribution is -0.152. The minimum atomic E-state index is -4.40. The third-order valence-electron chi connectivity index (χ3n) is 5.04. The molecule has 2 aromatic carbocycles. The zero-order valence-electron chi connectivity index (χ0n) is 19.6. The lowest BCUT2D eigenvalue weighted by atomic mass is 10.1. The molecule has 0 saturated heterocycles. The topological polar surface area (TPSA) is 82.8 Å². The standard InChI is InChI=1S/C25H27F3N2O5/c1-4-33-22-17(16-30(29-22)19-12-10-18(11-13-19)25(26,27)28)7-6-14-34-20-8-5-9-21(15-20)35-24(2,3)23(31)32/h5,8-13,15-16H,4,6-7,14H2,1-3H3,(H,31,32). The summed E-state index contributed by atoms with van der Waals surface area (Å²) >= 11 is 0. The zero-order valence-corrected chi connectivity index (χ0v) is 19.6. The molecular formula is C25H27F3N2O5. The minimum Gasteiger partial charge on any atom is -0.493 e. The van der Waals surface area contributed by atoms with Crippen LogP contribution in [0.15, 0.2) is 54.7 Å². The molecule has 3 aromatic rings. The van der Waals surface area contributed by atoms with E-state index in [4.69, 9.17) is 14.2 Å². The summed E-state index contributed by atoms with van der Waals surface area (Å²) in [6.45, 7) is 5.51. The van der Waals surface area contributed by atoms with Gasteiger partial charge in [0, 0.05) is 17.8 Å². The molecule has 0 fully saturated rings. The van der Waals surface area contributed by atoms with Crippen molar-refractivity contribution in [3.63, 3.8) is 0 Å². The fraction of sp³-hybridized carbons (Fsp3) is 0.360. The molecule has 0 bridgehead atoms. The van der Waals surface area contributed by atoms with Crippen LogP contribution in [0.1, 0.15) is 38.3 Å². The van der Waals surface area contributed by atoms with Crippen LogP contribution in [0.5, 0.6) is 17.4 Å². The van der Waals surface area contributed by atoms with E-state index in [9.17, 15) is 23.1 Å². The second kappa shape index (κ2) is 10.7. The van der Waals surface area contributed by atoms with E-state index in [1.54, 1.807) is 30.5 Å². The molecule has 0 radical (unpaired) electrons. The van der Waals surface area contributed by atoms with Crippen molar-refractivity contribution in [2.45, 2.75) is 45.4 Å². The third kappa shape index (κ3) is 6.91. The number of halogens is 3. The van der Waals surface area contributed by atoms with Gasteiger partial charge >= 0.3 is 12.1 Å². The predicted octanol–water partition coefficient (Wildman–Crippen LogP) is 5.54. The second-order valence-electron chi connectivity index (χ2n) is 8.23. The van der Waals surface area contributed by atoms with Gasteiger partial charge in [0.2, 0.25) is 5.88 Å². The van der Waals surface area contributed by atoms with Gasteiger partial charge < -0.3 is 19.3 Å². The average Bonchev–Trinajstić information content (AvgIpc) is 3.19. The number of hydrogen-bond donors (Lipinski definition) is 1. The van der Waals surface area contributed by atoms with Crippen molar-refractivity contribution in [1.82, 2.24) is 9.78 Å². The van der Waals surface area contributed by atoms with Gasteiger partial charge in [-0.2, -0.15) is 13.2 Å². The van der Waals surface area contributed by atoms with Crippen molar-refractivity contribution in [3.8, 4) is 23.1 Å². The number of aromatic nitrogens is 2. The first-order valence-electron chi connectivity index (χ1n) is 11.0. The van der Waals surface area contributed by atoms with Gasteiger partial charge in [-0.1, -0.05) is 6.07 Å². The lowest BCUT2D eigenvalue weighted by Crippen LogP contribution is -2.37. The van der Waals surface area contributed by atoms with Gasteiger partial charge in [0.25, 0.3) is 0 Å². The maximum Gasteiger partial charge on any atom is 0.416 e. The Bertz CT molecular complexity index is 1140. The van der Waals surface area contributed by atoms with E-state index < -0.39 is 23.3 Å². The van der Waals surface area contributed by atoms with E-state index in [1.807, 2.05) is 6.92 Å². The van der Waals surface area contributed by atoms with Crippen molar-refractivity contribution in [2.75, 3.05) is 13.2 Å². The minimum absolute atomic E-state index is 0.364. The van der Waals surface area contributed by atoms with Crippen molar-refractivity contribution in [1.29, 1.82) is 0 Å². The Morgan fingerprint density at radius 1 is 1.06 bits per heavy atom. The Morgan fingerprint density at radius 2 is 1.74 bits per heavy atom. The zero-order chi connectivity index (χ0) is 25.6. The van der Waals surface area contributed by atoms with Gasteiger partial charge in [-0.05, 0) is 70.0 Å². The average molecular weight is 492 g/mol. The molecular weight excluding hydrogens is 465 g/mol. The number of carboxylic acids is 1. The normalized spacial score (nSPS) is 11.8. The Balaban J connectivity index is 1.61. The van der Waals surface area contributed by atoms with Gasteiger partial charge in [0.1, 0.15) is 11.5 Å². The van der Waals surface area contributed by atoms with Crippen molar-refractivity contribution >= 4 is 5.97 Å². The highest BCUT2D eigenvalue weighted by Crippen LogP contribution is 2.30. The largest absolute Gasteiger partial charge is 0.493 e. The maximum absolute atomic E-state index is 12.8. The van der Waals surface area contributed by atoms with E-state index in [-0.39, 0.29) is 0 Å². The summed E-state index contributed by atoms with van der Waals surface area (Å²) < 4.78 is 56.9. The molecule has 10 heteroatoms. The van der Waals surface area contributed by atoms with Crippen LogP contribution in [-0.4, -0.2) is 39.7 Å². The molecule has 3 rings (SSSR count). The van der Waals surface area contributed by atoms with Crippen LogP contribution in [0.2, 0.25) is 0 Å². The van der Waals surface area contributed by atoms with Gasteiger partial charge in [0.05, 0.1) is 24.5 Å². The molecule has 1 N–H and O–H groups in total. The van der Waals surface area contributed by atoms with Crippen molar-refractivity contribution < 1.29 is 37.3 Å². The Morgan fingerprint density at radius 3 is 2.37 bits per heavy atom. The van der Waals surface area contributed by atoms with Gasteiger partial charge in [-0.15, -0.1) is 5.10 Å². The highest BCUT2D eigenvalue weighted by Gasteiger charge is 2.30. The molecule has 0 aliphatic heterocycles. The summed E-state index contributed by atoms with van der Waals surface area (Å²) in [6, 6.07) is 11.5.